The van der Waals surface area contributed by atoms with Gasteiger partial charge in [-0.2, -0.15) is 5.10 Å². The molecule has 1 aliphatic rings. The maximum atomic E-state index is 12.5. The highest BCUT2D eigenvalue weighted by Gasteiger charge is 2.18. The number of hydrogen-bond acceptors (Lipinski definition) is 4. The smallest absolute Gasteiger partial charge is 0.264 e. The van der Waals surface area contributed by atoms with Gasteiger partial charge < -0.3 is 9.80 Å². The summed E-state index contributed by atoms with van der Waals surface area (Å²) in [5, 5.41) is 6.38. The summed E-state index contributed by atoms with van der Waals surface area (Å²) < 4.78 is 0. The lowest BCUT2D eigenvalue weighted by molar-refractivity contribution is -0.131. The highest BCUT2D eigenvalue weighted by Crippen LogP contribution is 2.09. The van der Waals surface area contributed by atoms with Crippen LogP contribution in [0.5, 0.6) is 0 Å². The van der Waals surface area contributed by atoms with Crippen LogP contribution in [0.25, 0.3) is 0 Å². The number of amides is 1. The second-order valence-electron chi connectivity index (χ2n) is 7.08. The van der Waals surface area contributed by atoms with Gasteiger partial charge in [-0.3, -0.25) is 9.59 Å². The summed E-state index contributed by atoms with van der Waals surface area (Å²) in [5.74, 6) is 0.175. The number of carbonyl (C=O) groups excluding carboxylic acids is 1. The number of aromatic nitrogens is 2. The van der Waals surface area contributed by atoms with E-state index in [9.17, 15) is 9.59 Å². The van der Waals surface area contributed by atoms with Gasteiger partial charge in [0.15, 0.2) is 0 Å². The lowest BCUT2D eigenvalue weighted by Gasteiger charge is -2.22. The van der Waals surface area contributed by atoms with Crippen LogP contribution >= 0.6 is 0 Å². The molecule has 27 heavy (non-hydrogen) atoms. The summed E-state index contributed by atoms with van der Waals surface area (Å²) in [6.07, 6.45) is 4.27. The molecule has 0 atom stereocenters. The number of aromatic amines is 1. The van der Waals surface area contributed by atoms with E-state index < -0.39 is 0 Å². The molecule has 0 spiro atoms. The first-order valence-electron chi connectivity index (χ1n) is 9.79. The fraction of sp³-hybridized carbons (Fsp3) is 0.476. The summed E-state index contributed by atoms with van der Waals surface area (Å²) >= 11 is 0. The van der Waals surface area contributed by atoms with Crippen LogP contribution in [0.3, 0.4) is 0 Å². The number of carbonyl (C=O) groups is 1. The molecule has 1 N–H and O–H groups in total. The van der Waals surface area contributed by atoms with E-state index in [0.29, 0.717) is 12.8 Å². The highest BCUT2D eigenvalue weighted by atomic mass is 16.2. The Hall–Kier alpha value is -2.47. The first kappa shape index (κ1) is 19.3. The van der Waals surface area contributed by atoms with Crippen LogP contribution in [0.15, 0.2) is 47.3 Å². The van der Waals surface area contributed by atoms with Gasteiger partial charge in [0.05, 0.1) is 5.69 Å². The molecular formula is C21H28N4O2. The van der Waals surface area contributed by atoms with Crippen LogP contribution in [-0.4, -0.2) is 58.6 Å². The fourth-order valence-electron chi connectivity index (χ4n) is 3.50. The van der Waals surface area contributed by atoms with Crippen molar-refractivity contribution in [1.29, 1.82) is 0 Å². The number of nitrogens with one attached hydrogen (secondary N) is 1. The van der Waals surface area contributed by atoms with Crippen molar-refractivity contribution in [1.82, 2.24) is 20.0 Å². The van der Waals surface area contributed by atoms with Crippen LogP contribution < -0.4 is 5.56 Å². The van der Waals surface area contributed by atoms with E-state index in [1.807, 2.05) is 4.90 Å². The average molecular weight is 368 g/mol. The molecule has 0 aliphatic carbocycles. The molecule has 0 radical (unpaired) electrons. The molecule has 1 saturated heterocycles. The predicted octanol–water partition coefficient (Wildman–Crippen LogP) is 1.87. The molecule has 144 valence electrons. The Labute approximate surface area is 160 Å². The minimum absolute atomic E-state index is 0.175. The Kier molecular flexibility index (Phi) is 7.16. The number of aryl methyl sites for hydroxylation is 2. The number of H-pyrrole nitrogens is 1. The van der Waals surface area contributed by atoms with Crippen molar-refractivity contribution in [3.05, 3.63) is 64.1 Å². The number of hydrogen-bond donors (Lipinski definition) is 1. The normalized spacial score (nSPS) is 15.5. The zero-order chi connectivity index (χ0) is 18.9. The Morgan fingerprint density at radius 2 is 1.85 bits per heavy atom. The standard InChI is InChI=1S/C21H28N4O2/c26-20-11-9-19(22-23-20)10-12-21(27)25-15-5-14-24(16-17-25)13-4-8-18-6-2-1-3-7-18/h1-3,6-7,9,11H,4-5,8,10,12-17H2,(H,23,26). The van der Waals surface area contributed by atoms with E-state index in [-0.39, 0.29) is 11.5 Å². The summed E-state index contributed by atoms with van der Waals surface area (Å²) in [7, 11) is 0. The molecule has 0 bridgehead atoms. The van der Waals surface area contributed by atoms with Crippen molar-refractivity contribution in [3.63, 3.8) is 0 Å². The lowest BCUT2D eigenvalue weighted by atomic mass is 10.1. The second kappa shape index (κ2) is 10.0. The second-order valence-corrected chi connectivity index (χ2v) is 7.08. The molecule has 2 heterocycles. The summed E-state index contributed by atoms with van der Waals surface area (Å²) in [5.41, 5.74) is 1.92. The highest BCUT2D eigenvalue weighted by molar-refractivity contribution is 5.76. The summed E-state index contributed by atoms with van der Waals surface area (Å²) in [6.45, 7) is 4.70. The zero-order valence-electron chi connectivity index (χ0n) is 15.8. The monoisotopic (exact) mass is 368 g/mol. The van der Waals surface area contributed by atoms with Gasteiger partial charge >= 0.3 is 0 Å². The van der Waals surface area contributed by atoms with Gasteiger partial charge in [-0.05, 0) is 44.0 Å². The molecule has 6 nitrogen and oxygen atoms in total. The number of nitrogens with zero attached hydrogens (tertiary/aromatic N) is 3. The van der Waals surface area contributed by atoms with Crippen molar-refractivity contribution >= 4 is 5.91 Å². The van der Waals surface area contributed by atoms with Crippen molar-refractivity contribution < 1.29 is 4.79 Å². The molecule has 1 amide bonds. The fourth-order valence-corrected chi connectivity index (χ4v) is 3.50. The van der Waals surface area contributed by atoms with Gasteiger partial charge in [-0.25, -0.2) is 5.10 Å². The summed E-state index contributed by atoms with van der Waals surface area (Å²) in [6, 6.07) is 13.7. The molecule has 1 aromatic carbocycles. The quantitative estimate of drug-likeness (QED) is 0.810. The maximum Gasteiger partial charge on any atom is 0.264 e. The van der Waals surface area contributed by atoms with Gasteiger partial charge in [0.2, 0.25) is 5.91 Å². The molecule has 0 unspecified atom stereocenters. The predicted molar refractivity (Wildman–Crippen MR) is 106 cm³/mol. The van der Waals surface area contributed by atoms with E-state index >= 15 is 0 Å². The molecule has 1 aliphatic heterocycles. The molecule has 6 heteroatoms. The van der Waals surface area contributed by atoms with Gasteiger partial charge in [-0.1, -0.05) is 30.3 Å². The van der Waals surface area contributed by atoms with Crippen LogP contribution in [0, 0.1) is 0 Å². The maximum absolute atomic E-state index is 12.5. The van der Waals surface area contributed by atoms with Crippen molar-refractivity contribution in [2.45, 2.75) is 32.1 Å². The van der Waals surface area contributed by atoms with Gasteiger partial charge in [0.1, 0.15) is 0 Å². The SMILES string of the molecule is O=C(CCc1ccc(=O)[nH]n1)N1CCCN(CCCc2ccccc2)CC1. The van der Waals surface area contributed by atoms with Crippen LogP contribution in [0.4, 0.5) is 0 Å². The third kappa shape index (κ3) is 6.32. The van der Waals surface area contributed by atoms with Gasteiger partial charge in [0, 0.05) is 38.5 Å². The van der Waals surface area contributed by atoms with Gasteiger partial charge in [0.25, 0.3) is 5.56 Å². The molecule has 3 rings (SSSR count). The molecule has 2 aromatic rings. The summed E-state index contributed by atoms with van der Waals surface area (Å²) in [4.78, 5) is 28.0. The molecular weight excluding hydrogens is 340 g/mol. The molecule has 1 aromatic heterocycles. The van der Waals surface area contributed by atoms with Crippen molar-refractivity contribution in [2.75, 3.05) is 32.7 Å². The molecule has 1 fully saturated rings. The van der Waals surface area contributed by atoms with E-state index in [4.69, 9.17) is 0 Å². The average Bonchev–Trinajstić information content (AvgIpc) is 2.94. The van der Waals surface area contributed by atoms with E-state index in [1.165, 1.54) is 11.6 Å². The third-order valence-corrected chi connectivity index (χ3v) is 5.06. The van der Waals surface area contributed by atoms with Crippen LogP contribution in [0.2, 0.25) is 0 Å². The van der Waals surface area contributed by atoms with E-state index in [1.54, 1.807) is 6.07 Å². The Morgan fingerprint density at radius 1 is 1.00 bits per heavy atom. The lowest BCUT2D eigenvalue weighted by Crippen LogP contribution is -2.35. The van der Waals surface area contributed by atoms with E-state index in [0.717, 1.165) is 57.7 Å². The molecule has 0 saturated carbocycles. The number of benzene rings is 1. The number of rotatable bonds is 7. The van der Waals surface area contributed by atoms with Crippen molar-refractivity contribution in [2.24, 2.45) is 0 Å². The minimum Gasteiger partial charge on any atom is -0.341 e. The zero-order valence-corrected chi connectivity index (χ0v) is 15.8. The largest absolute Gasteiger partial charge is 0.341 e. The Bertz CT molecular complexity index is 755. The van der Waals surface area contributed by atoms with Crippen molar-refractivity contribution in [3.8, 4) is 0 Å². The Morgan fingerprint density at radius 3 is 2.63 bits per heavy atom. The minimum atomic E-state index is -0.218. The van der Waals surface area contributed by atoms with Gasteiger partial charge in [-0.15, -0.1) is 0 Å². The van der Waals surface area contributed by atoms with E-state index in [2.05, 4.69) is 45.4 Å². The third-order valence-electron chi connectivity index (χ3n) is 5.06. The Balaban J connectivity index is 1.38. The van der Waals surface area contributed by atoms with Crippen LogP contribution in [0.1, 0.15) is 30.5 Å². The topological polar surface area (TPSA) is 69.3 Å². The first-order valence-corrected chi connectivity index (χ1v) is 9.79. The first-order chi connectivity index (χ1) is 13.2. The van der Waals surface area contributed by atoms with Crippen LogP contribution in [-0.2, 0) is 17.6 Å².